The fourth-order valence-corrected chi connectivity index (χ4v) is 5.06. The summed E-state index contributed by atoms with van der Waals surface area (Å²) in [5.74, 6) is 0.172. The third kappa shape index (κ3) is 6.61. The lowest BCUT2D eigenvalue weighted by Crippen LogP contribution is -2.29. The van der Waals surface area contributed by atoms with Gasteiger partial charge in [-0.05, 0) is 72.8 Å². The van der Waals surface area contributed by atoms with Crippen molar-refractivity contribution in [2.24, 2.45) is 0 Å². The average molecular weight is 516 g/mol. The summed E-state index contributed by atoms with van der Waals surface area (Å²) in [6.07, 6.45) is 2.56. The lowest BCUT2D eigenvalue weighted by molar-refractivity contribution is 0.102. The number of amides is 1. The average Bonchev–Trinajstić information content (AvgIpc) is 2.82. The molecule has 0 spiro atoms. The molecule has 0 radical (unpaired) electrons. The summed E-state index contributed by atoms with van der Waals surface area (Å²) in [5.41, 5.74) is 1.49. The molecule has 3 aromatic carbocycles. The van der Waals surface area contributed by atoms with E-state index in [4.69, 9.17) is 4.74 Å². The van der Waals surface area contributed by atoms with Crippen LogP contribution in [-0.2, 0) is 20.0 Å². The lowest BCUT2D eigenvalue weighted by Gasteiger charge is -2.20. The molecule has 0 aliphatic heterocycles. The van der Waals surface area contributed by atoms with Gasteiger partial charge >= 0.3 is 0 Å². The van der Waals surface area contributed by atoms with Gasteiger partial charge in [-0.15, -0.1) is 6.58 Å². The van der Waals surface area contributed by atoms with Gasteiger partial charge in [0, 0.05) is 16.9 Å². The van der Waals surface area contributed by atoms with Crippen LogP contribution in [0.15, 0.2) is 90.3 Å². The van der Waals surface area contributed by atoms with Crippen LogP contribution in [0.4, 0.5) is 17.1 Å². The standard InChI is InChI=1S/C24H25N3O6S2/c1-4-17-27(34(3,29)30)21-11-5-18(6-12-21)24(28)25-19-9-15-23(16-10-19)35(31,32)26-20-7-13-22(33-2)14-8-20/h4-16,26H,1,17H2,2-3H3,(H,25,28). The largest absolute Gasteiger partial charge is 0.497 e. The van der Waals surface area contributed by atoms with E-state index in [0.717, 1.165) is 6.26 Å². The van der Waals surface area contributed by atoms with E-state index in [2.05, 4.69) is 16.6 Å². The molecule has 1 amide bonds. The molecule has 0 atom stereocenters. The van der Waals surface area contributed by atoms with Gasteiger partial charge in [0.1, 0.15) is 5.75 Å². The highest BCUT2D eigenvalue weighted by atomic mass is 32.2. The molecule has 0 aliphatic rings. The van der Waals surface area contributed by atoms with Crippen molar-refractivity contribution in [2.45, 2.75) is 4.90 Å². The van der Waals surface area contributed by atoms with Gasteiger partial charge in [-0.3, -0.25) is 13.8 Å². The van der Waals surface area contributed by atoms with Crippen molar-refractivity contribution in [3.05, 3.63) is 91.0 Å². The Kier molecular flexibility index (Phi) is 7.82. The highest BCUT2D eigenvalue weighted by Gasteiger charge is 2.17. The Hall–Kier alpha value is -3.83. The van der Waals surface area contributed by atoms with Gasteiger partial charge in [0.2, 0.25) is 10.0 Å². The number of ether oxygens (including phenoxy) is 1. The predicted molar refractivity (Wildman–Crippen MR) is 137 cm³/mol. The van der Waals surface area contributed by atoms with Crippen molar-refractivity contribution in [3.8, 4) is 5.75 Å². The molecule has 184 valence electrons. The molecule has 3 aromatic rings. The smallest absolute Gasteiger partial charge is 0.261 e. The van der Waals surface area contributed by atoms with E-state index < -0.39 is 26.0 Å². The number of nitrogens with zero attached hydrogens (tertiary/aromatic N) is 1. The van der Waals surface area contributed by atoms with Gasteiger partial charge < -0.3 is 10.1 Å². The Balaban J connectivity index is 1.68. The van der Waals surface area contributed by atoms with Crippen LogP contribution in [0, 0.1) is 0 Å². The summed E-state index contributed by atoms with van der Waals surface area (Å²) in [6, 6.07) is 18.2. The number of anilines is 3. The fraction of sp³-hybridized carbons (Fsp3) is 0.125. The molecule has 35 heavy (non-hydrogen) atoms. The van der Waals surface area contributed by atoms with Crippen LogP contribution in [0.1, 0.15) is 10.4 Å². The number of methoxy groups -OCH3 is 1. The Morgan fingerprint density at radius 3 is 2.00 bits per heavy atom. The van der Waals surface area contributed by atoms with Crippen molar-refractivity contribution in [1.29, 1.82) is 0 Å². The zero-order valence-corrected chi connectivity index (χ0v) is 20.8. The van der Waals surface area contributed by atoms with Crippen LogP contribution >= 0.6 is 0 Å². The molecule has 0 saturated carbocycles. The number of rotatable bonds is 10. The van der Waals surface area contributed by atoms with Crippen LogP contribution < -0.4 is 19.1 Å². The highest BCUT2D eigenvalue weighted by Crippen LogP contribution is 2.22. The molecular weight excluding hydrogens is 490 g/mol. The first-order valence-electron chi connectivity index (χ1n) is 10.3. The monoisotopic (exact) mass is 515 g/mol. The number of carbonyl (C=O) groups is 1. The van der Waals surface area contributed by atoms with Crippen LogP contribution in [0.5, 0.6) is 5.75 Å². The fourth-order valence-electron chi connectivity index (χ4n) is 3.12. The first kappa shape index (κ1) is 25.8. The Labute approximate surface area is 205 Å². The quantitative estimate of drug-likeness (QED) is 0.397. The van der Waals surface area contributed by atoms with E-state index in [-0.39, 0.29) is 11.4 Å². The van der Waals surface area contributed by atoms with E-state index >= 15 is 0 Å². The Morgan fingerprint density at radius 2 is 1.49 bits per heavy atom. The van der Waals surface area contributed by atoms with Crippen LogP contribution in [-0.4, -0.2) is 42.7 Å². The molecule has 0 saturated heterocycles. The normalized spacial score (nSPS) is 11.4. The zero-order chi connectivity index (χ0) is 25.6. The van der Waals surface area contributed by atoms with Crippen molar-refractivity contribution in [3.63, 3.8) is 0 Å². The third-order valence-corrected chi connectivity index (χ3v) is 7.44. The van der Waals surface area contributed by atoms with Gasteiger partial charge in [-0.2, -0.15) is 0 Å². The summed E-state index contributed by atoms with van der Waals surface area (Å²) >= 11 is 0. The summed E-state index contributed by atoms with van der Waals surface area (Å²) in [5, 5.41) is 2.69. The maximum Gasteiger partial charge on any atom is 0.261 e. The molecule has 0 bridgehead atoms. The molecule has 11 heteroatoms. The molecule has 0 fully saturated rings. The predicted octanol–water partition coefficient (Wildman–Crippen LogP) is 3.70. The molecule has 0 aliphatic carbocycles. The minimum atomic E-state index is -3.82. The number of nitrogens with one attached hydrogen (secondary N) is 2. The number of hydrogen-bond acceptors (Lipinski definition) is 6. The summed E-state index contributed by atoms with van der Waals surface area (Å²) in [7, 11) is -5.80. The maximum atomic E-state index is 12.6. The molecular formula is C24H25N3O6S2. The van der Waals surface area contributed by atoms with Gasteiger partial charge in [0.25, 0.3) is 15.9 Å². The molecule has 0 aromatic heterocycles. The summed E-state index contributed by atoms with van der Waals surface area (Å²) in [6.45, 7) is 3.67. The first-order valence-corrected chi connectivity index (χ1v) is 13.6. The van der Waals surface area contributed by atoms with Gasteiger partial charge in [0.15, 0.2) is 0 Å². The molecule has 3 rings (SSSR count). The first-order chi connectivity index (χ1) is 16.5. The second kappa shape index (κ2) is 10.6. The molecule has 9 nitrogen and oxygen atoms in total. The van der Waals surface area contributed by atoms with E-state index in [1.165, 1.54) is 66.0 Å². The topological polar surface area (TPSA) is 122 Å². The molecule has 0 heterocycles. The molecule has 2 N–H and O–H groups in total. The van der Waals surface area contributed by atoms with Crippen molar-refractivity contribution in [2.75, 3.05) is 34.3 Å². The van der Waals surface area contributed by atoms with E-state index in [1.807, 2.05) is 0 Å². The van der Waals surface area contributed by atoms with Gasteiger partial charge in [-0.1, -0.05) is 6.08 Å². The van der Waals surface area contributed by atoms with Crippen molar-refractivity contribution in [1.82, 2.24) is 0 Å². The minimum absolute atomic E-state index is 0.0266. The van der Waals surface area contributed by atoms with Crippen LogP contribution in [0.25, 0.3) is 0 Å². The van der Waals surface area contributed by atoms with Crippen molar-refractivity contribution >= 4 is 43.0 Å². The van der Waals surface area contributed by atoms with E-state index in [0.29, 0.717) is 28.4 Å². The van der Waals surface area contributed by atoms with Crippen LogP contribution in [0.2, 0.25) is 0 Å². The summed E-state index contributed by atoms with van der Waals surface area (Å²) < 4.78 is 57.9. The Bertz CT molecular complexity index is 1400. The van der Waals surface area contributed by atoms with Crippen LogP contribution in [0.3, 0.4) is 0 Å². The van der Waals surface area contributed by atoms with E-state index in [9.17, 15) is 21.6 Å². The number of sulfonamides is 2. The second-order valence-electron chi connectivity index (χ2n) is 7.44. The van der Waals surface area contributed by atoms with E-state index in [1.54, 1.807) is 24.3 Å². The minimum Gasteiger partial charge on any atom is -0.497 e. The Morgan fingerprint density at radius 1 is 0.914 bits per heavy atom. The van der Waals surface area contributed by atoms with Gasteiger partial charge in [-0.25, -0.2) is 16.8 Å². The summed E-state index contributed by atoms with van der Waals surface area (Å²) in [4.78, 5) is 12.6. The molecule has 0 unspecified atom stereocenters. The zero-order valence-electron chi connectivity index (χ0n) is 19.1. The SMILES string of the molecule is C=CCN(c1ccc(C(=O)Nc2ccc(S(=O)(=O)Nc3ccc(OC)cc3)cc2)cc1)S(C)(=O)=O. The van der Waals surface area contributed by atoms with Crippen molar-refractivity contribution < 1.29 is 26.4 Å². The lowest BCUT2D eigenvalue weighted by atomic mass is 10.2. The highest BCUT2D eigenvalue weighted by molar-refractivity contribution is 7.92. The third-order valence-electron chi connectivity index (χ3n) is 4.88. The number of hydrogen-bond donors (Lipinski definition) is 2. The maximum absolute atomic E-state index is 12.6. The van der Waals surface area contributed by atoms with Gasteiger partial charge in [0.05, 0.1) is 30.5 Å². The number of carbonyl (C=O) groups excluding carboxylic acids is 1. The number of benzene rings is 3. The second-order valence-corrected chi connectivity index (χ2v) is 11.0.